The fourth-order valence-electron chi connectivity index (χ4n) is 3.03. The molecule has 2 aliphatic rings. The highest BCUT2D eigenvalue weighted by Crippen LogP contribution is 2.27. The summed E-state index contributed by atoms with van der Waals surface area (Å²) in [6.07, 6.45) is 5.38. The highest BCUT2D eigenvalue weighted by atomic mass is 16.1. The van der Waals surface area contributed by atoms with Gasteiger partial charge in [0.05, 0.1) is 6.07 Å². The molecule has 4 heteroatoms. The third kappa shape index (κ3) is 2.61. The molecule has 3 unspecified atom stereocenters. The van der Waals surface area contributed by atoms with Gasteiger partial charge in [-0.1, -0.05) is 13.3 Å². The van der Waals surface area contributed by atoms with Crippen molar-refractivity contribution >= 4 is 5.91 Å². The summed E-state index contributed by atoms with van der Waals surface area (Å²) in [4.78, 5) is 14.4. The fraction of sp³-hybridized carbons (Fsp3) is 0.846. The van der Waals surface area contributed by atoms with Crippen LogP contribution < -0.4 is 5.32 Å². The summed E-state index contributed by atoms with van der Waals surface area (Å²) in [5.41, 5.74) is 0. The van der Waals surface area contributed by atoms with Crippen molar-refractivity contribution < 1.29 is 4.79 Å². The minimum Gasteiger partial charge on any atom is -0.351 e. The molecular formula is C13H21N3O. The third-order valence-corrected chi connectivity index (χ3v) is 4.06. The van der Waals surface area contributed by atoms with E-state index in [-0.39, 0.29) is 11.9 Å². The Morgan fingerprint density at radius 2 is 2.29 bits per heavy atom. The zero-order chi connectivity index (χ0) is 12.3. The molecular weight excluding hydrogens is 214 g/mol. The van der Waals surface area contributed by atoms with Crippen molar-refractivity contribution in [2.24, 2.45) is 5.92 Å². The quantitative estimate of drug-likeness (QED) is 0.801. The average molecular weight is 235 g/mol. The van der Waals surface area contributed by atoms with Crippen LogP contribution in [0.4, 0.5) is 0 Å². The molecule has 3 atom stereocenters. The van der Waals surface area contributed by atoms with Crippen molar-refractivity contribution in [1.82, 2.24) is 10.2 Å². The van der Waals surface area contributed by atoms with E-state index >= 15 is 0 Å². The van der Waals surface area contributed by atoms with Gasteiger partial charge < -0.3 is 5.32 Å². The van der Waals surface area contributed by atoms with Gasteiger partial charge in [0, 0.05) is 18.6 Å². The summed E-state index contributed by atoms with van der Waals surface area (Å²) < 4.78 is 0. The summed E-state index contributed by atoms with van der Waals surface area (Å²) in [6.45, 7) is 4.15. The van der Waals surface area contributed by atoms with Gasteiger partial charge in [-0.05, 0) is 32.2 Å². The molecule has 2 aliphatic heterocycles. The predicted molar refractivity (Wildman–Crippen MR) is 65.2 cm³/mol. The molecule has 0 saturated carbocycles. The summed E-state index contributed by atoms with van der Waals surface area (Å²) in [5, 5.41) is 12.0. The number of nitriles is 1. The molecule has 2 rings (SSSR count). The van der Waals surface area contributed by atoms with Gasteiger partial charge in [0.25, 0.3) is 0 Å². The molecule has 2 fully saturated rings. The van der Waals surface area contributed by atoms with Crippen LogP contribution >= 0.6 is 0 Å². The van der Waals surface area contributed by atoms with E-state index in [0.717, 1.165) is 13.0 Å². The van der Waals surface area contributed by atoms with Gasteiger partial charge in [-0.25, -0.2) is 0 Å². The molecule has 0 spiro atoms. The van der Waals surface area contributed by atoms with E-state index in [4.69, 9.17) is 5.26 Å². The van der Waals surface area contributed by atoms with Gasteiger partial charge >= 0.3 is 0 Å². The largest absolute Gasteiger partial charge is 0.351 e. The first-order valence-corrected chi connectivity index (χ1v) is 6.70. The summed E-state index contributed by atoms with van der Waals surface area (Å²) in [6, 6.07) is 2.86. The van der Waals surface area contributed by atoms with Crippen molar-refractivity contribution in [1.29, 1.82) is 5.26 Å². The molecule has 2 heterocycles. The van der Waals surface area contributed by atoms with Crippen LogP contribution in [-0.4, -0.2) is 36.0 Å². The average Bonchev–Trinajstić information content (AvgIpc) is 2.74. The van der Waals surface area contributed by atoms with Crippen LogP contribution in [0, 0.1) is 17.2 Å². The van der Waals surface area contributed by atoms with Gasteiger partial charge in [0.1, 0.15) is 5.92 Å². The number of piperidine rings is 1. The number of carbonyl (C=O) groups is 1. The Hall–Kier alpha value is -1.08. The molecule has 0 aromatic carbocycles. The predicted octanol–water partition coefficient (Wildman–Crippen LogP) is 1.28. The van der Waals surface area contributed by atoms with Crippen molar-refractivity contribution in [3.8, 4) is 6.07 Å². The Balaban J connectivity index is 1.91. The highest BCUT2D eigenvalue weighted by Gasteiger charge is 2.36. The lowest BCUT2D eigenvalue weighted by atomic mass is 9.98. The van der Waals surface area contributed by atoms with Gasteiger partial charge in [-0.2, -0.15) is 5.26 Å². The normalized spacial score (nSPS) is 30.4. The lowest BCUT2D eigenvalue weighted by Gasteiger charge is -2.32. The second-order valence-corrected chi connectivity index (χ2v) is 5.09. The van der Waals surface area contributed by atoms with Gasteiger partial charge in [0.15, 0.2) is 0 Å². The molecule has 0 aliphatic carbocycles. The Morgan fingerprint density at radius 1 is 1.47 bits per heavy atom. The molecule has 0 aromatic heterocycles. The first kappa shape index (κ1) is 12.4. The first-order valence-electron chi connectivity index (χ1n) is 6.70. The number of rotatable bonds is 3. The monoisotopic (exact) mass is 235 g/mol. The van der Waals surface area contributed by atoms with Crippen LogP contribution in [0.3, 0.4) is 0 Å². The molecule has 0 bridgehead atoms. The number of hydrogen-bond donors (Lipinski definition) is 1. The topological polar surface area (TPSA) is 56.1 Å². The van der Waals surface area contributed by atoms with E-state index in [0.29, 0.717) is 12.5 Å². The molecule has 94 valence electrons. The number of amides is 1. The summed E-state index contributed by atoms with van der Waals surface area (Å²) in [7, 11) is 0. The van der Waals surface area contributed by atoms with Crippen molar-refractivity contribution in [3.05, 3.63) is 0 Å². The van der Waals surface area contributed by atoms with Crippen molar-refractivity contribution in [2.75, 3.05) is 13.1 Å². The lowest BCUT2D eigenvalue weighted by molar-refractivity contribution is -0.124. The Morgan fingerprint density at radius 3 is 3.00 bits per heavy atom. The maximum Gasteiger partial charge on any atom is 0.237 e. The van der Waals surface area contributed by atoms with E-state index in [1.54, 1.807) is 0 Å². The molecule has 4 nitrogen and oxygen atoms in total. The maximum atomic E-state index is 11.9. The van der Waals surface area contributed by atoms with Crippen LogP contribution in [0.2, 0.25) is 0 Å². The summed E-state index contributed by atoms with van der Waals surface area (Å²) >= 11 is 0. The zero-order valence-electron chi connectivity index (χ0n) is 10.5. The minimum atomic E-state index is -0.479. The number of fused-ring (bicyclic) bond motifs is 1. The number of nitrogens with zero attached hydrogens (tertiary/aromatic N) is 2. The second-order valence-electron chi connectivity index (χ2n) is 5.09. The number of nitrogens with one attached hydrogen (secondary N) is 1. The molecule has 2 saturated heterocycles. The van der Waals surface area contributed by atoms with Crippen molar-refractivity contribution in [3.63, 3.8) is 0 Å². The van der Waals surface area contributed by atoms with E-state index in [9.17, 15) is 4.79 Å². The van der Waals surface area contributed by atoms with Crippen LogP contribution in [0.5, 0.6) is 0 Å². The molecule has 0 aromatic rings. The third-order valence-electron chi connectivity index (χ3n) is 4.06. The standard InChI is InChI=1S/C13H21N3O/c1-2-10(9-14)13(17)15-11-6-8-16-7-4-3-5-12(11)16/h10-12H,2-8H2,1H3,(H,15,17). The Kier molecular flexibility index (Phi) is 4.01. The van der Waals surface area contributed by atoms with E-state index in [1.807, 2.05) is 6.92 Å². The second kappa shape index (κ2) is 5.50. The minimum absolute atomic E-state index is 0.0765. The SMILES string of the molecule is CCC(C#N)C(=O)NC1CCN2CCCCC12. The van der Waals surface area contributed by atoms with E-state index in [2.05, 4.69) is 16.3 Å². The van der Waals surface area contributed by atoms with Crippen LogP contribution in [-0.2, 0) is 4.79 Å². The Bertz CT molecular complexity index is 323. The maximum absolute atomic E-state index is 11.9. The van der Waals surface area contributed by atoms with E-state index < -0.39 is 5.92 Å². The first-order chi connectivity index (χ1) is 8.26. The van der Waals surface area contributed by atoms with Gasteiger partial charge in [0.2, 0.25) is 5.91 Å². The highest BCUT2D eigenvalue weighted by molar-refractivity contribution is 5.81. The molecule has 0 radical (unpaired) electrons. The Labute approximate surface area is 103 Å². The number of carbonyl (C=O) groups excluding carboxylic acids is 1. The van der Waals surface area contributed by atoms with E-state index in [1.165, 1.54) is 25.8 Å². The lowest BCUT2D eigenvalue weighted by Crippen LogP contribution is -2.48. The van der Waals surface area contributed by atoms with Crippen molar-refractivity contribution in [2.45, 2.75) is 51.1 Å². The van der Waals surface area contributed by atoms with Crippen LogP contribution in [0.15, 0.2) is 0 Å². The smallest absolute Gasteiger partial charge is 0.237 e. The number of hydrogen-bond acceptors (Lipinski definition) is 3. The van der Waals surface area contributed by atoms with Crippen LogP contribution in [0.1, 0.15) is 39.0 Å². The van der Waals surface area contributed by atoms with Gasteiger partial charge in [-0.15, -0.1) is 0 Å². The molecule has 1 amide bonds. The van der Waals surface area contributed by atoms with Crippen LogP contribution in [0.25, 0.3) is 0 Å². The molecule has 1 N–H and O–H groups in total. The summed E-state index contributed by atoms with van der Waals surface area (Å²) in [5.74, 6) is -0.555. The molecule has 17 heavy (non-hydrogen) atoms. The fourth-order valence-corrected chi connectivity index (χ4v) is 3.03. The zero-order valence-corrected chi connectivity index (χ0v) is 10.5. The van der Waals surface area contributed by atoms with Gasteiger partial charge in [-0.3, -0.25) is 9.69 Å².